The first-order valence-electron chi connectivity index (χ1n) is 48.2. The lowest BCUT2D eigenvalue weighted by Crippen LogP contribution is -2.57. The molecule has 0 spiro atoms. The SMILES string of the molecule is CC(C(=O)N(C)c1ccc2cc(-c3n[nH]c4c3CCC(C)(C)C4)[nH]c2c1)N1CCOCC1=O.CC(C)C(C(=O)N(C)c1ccc2cc(-c3n[nH]c4c3CCC(C)(C)C4)[nH]c2c1)N1CCOCC1.CC1COCC(=O)N1C(C)C(=O)N(C)c1ccc2cc(-c3n[nH]c4c3CCC(C)(C)C4)[nH]c2c1.CC[C@@H](C(=O)N(C)c1ccc2cc(-c3n[nH]c4c3CCC(C)(C)C4)[nH]c2c1)N1CCOCC1. The Bertz CT molecular complexity index is 6330. The van der Waals surface area contributed by atoms with Crippen LogP contribution in [0.25, 0.3) is 89.2 Å². The van der Waals surface area contributed by atoms with Crippen molar-refractivity contribution in [2.75, 3.05) is 133 Å². The number of amides is 6. The standard InChI is InChI=1S/C27H37N5O2.C26H33N5O3.C26H35N5O2.C25H31N5O3/c1-17(2)25(32-10-12-34-13-11-32)26(33)31(5)19-7-6-18-14-22(28-21(18)15-19)24-20-8-9-27(3,4)16-23(20)29-30-24;1-15-13-34-14-23(32)31(15)16(2)25(33)30(5)18-7-6-17-10-21(27-20(17)11-18)24-19-8-9-26(3,4)12-22(19)28-29-24;1-5-23(31-10-12-33-13-11-31)25(32)30(4)18-7-6-17-14-21(27-20(17)15-18)24-19-8-9-26(2,3)16-22(19)28-29-24;1-15(30-9-10-33-14-22(30)31)24(32)29(4)17-6-5-16-11-20(26-19(16)12-17)23-18-7-8-25(2,3)13-21(18)27-28-23/h6-7,14-15,17,25,28H,8-13,16H2,1-5H3,(H,29,30);6-7,10-11,15-16,27H,8-9,12-14H2,1-5H3,(H,28,29);6-7,14-15,23,27H,5,8-13,16H2,1-4H3,(H,28,29);5-6,11-12,15,26H,7-10,13-14H2,1-4H3,(H,27,28)/t;;23-;/m..0./s1. The Labute approximate surface area is 784 Å². The number of ether oxygens (including phenoxy) is 4. The molecular weight excluding hydrogens is 1690 g/mol. The summed E-state index contributed by atoms with van der Waals surface area (Å²) in [6, 6.07) is 31.4. The second kappa shape index (κ2) is 38.3. The van der Waals surface area contributed by atoms with Crippen molar-refractivity contribution in [3.8, 4) is 45.6 Å². The number of likely N-dealkylation sites (N-methyl/N-ethyl adjacent to an activating group) is 4. The molecule has 8 aromatic heterocycles. The van der Waals surface area contributed by atoms with Gasteiger partial charge in [0, 0.05) is 172 Å². The van der Waals surface area contributed by atoms with E-state index >= 15 is 0 Å². The lowest BCUT2D eigenvalue weighted by molar-refractivity contribution is -0.154. The van der Waals surface area contributed by atoms with Crippen LogP contribution in [0.5, 0.6) is 0 Å². The number of morpholine rings is 4. The number of carbonyl (C=O) groups excluding carboxylic acids is 6. The van der Waals surface area contributed by atoms with Crippen molar-refractivity contribution < 1.29 is 47.7 Å². The molecule has 0 bridgehead atoms. The van der Waals surface area contributed by atoms with Crippen LogP contribution in [-0.4, -0.2) is 260 Å². The molecule has 12 aromatic rings. The van der Waals surface area contributed by atoms with Crippen LogP contribution in [0.3, 0.4) is 0 Å². The van der Waals surface area contributed by atoms with Crippen molar-refractivity contribution in [2.24, 2.45) is 27.6 Å². The monoisotopic (exact) mass is 1830 g/mol. The van der Waals surface area contributed by atoms with Gasteiger partial charge in [0.15, 0.2) is 0 Å². The fourth-order valence-electron chi connectivity index (χ4n) is 21.3. The minimum absolute atomic E-state index is 0.0251. The van der Waals surface area contributed by atoms with Crippen LogP contribution >= 0.6 is 0 Å². The Hall–Kier alpha value is -11.5. The summed E-state index contributed by atoms with van der Waals surface area (Å²) in [6.45, 7) is 37.6. The van der Waals surface area contributed by atoms with E-state index in [1.54, 1.807) is 57.3 Å². The third kappa shape index (κ3) is 19.7. The van der Waals surface area contributed by atoms with E-state index in [0.717, 1.165) is 209 Å². The topological polar surface area (TPSA) is 343 Å². The molecule has 30 heteroatoms. The molecule has 4 aromatic carbocycles. The molecule has 4 fully saturated rings. The number of hydrogen-bond acceptors (Lipinski definition) is 16. The second-order valence-electron chi connectivity index (χ2n) is 42.0. The number of benzene rings is 4. The molecule has 0 saturated carbocycles. The van der Waals surface area contributed by atoms with E-state index < -0.39 is 12.1 Å². The molecule has 4 unspecified atom stereocenters. The summed E-state index contributed by atoms with van der Waals surface area (Å²) in [6.07, 6.45) is 13.6. The lowest BCUT2D eigenvalue weighted by Gasteiger charge is -2.38. The molecule has 8 aliphatic rings. The first kappa shape index (κ1) is 94.2. The number of nitrogens with one attached hydrogen (secondary N) is 8. The quantitative estimate of drug-likeness (QED) is 0.0396. The maximum atomic E-state index is 13.5. The molecule has 8 N–H and O–H groups in total. The van der Waals surface area contributed by atoms with Crippen LogP contribution < -0.4 is 19.6 Å². The van der Waals surface area contributed by atoms with Gasteiger partial charge in [-0.2, -0.15) is 20.4 Å². The molecule has 12 heterocycles. The van der Waals surface area contributed by atoms with Crippen molar-refractivity contribution >= 4 is 102 Å². The Morgan fingerprint density at radius 1 is 0.410 bits per heavy atom. The van der Waals surface area contributed by atoms with Crippen LogP contribution in [-0.2, 0) is 99.1 Å². The van der Waals surface area contributed by atoms with Crippen molar-refractivity contribution in [3.05, 3.63) is 142 Å². The van der Waals surface area contributed by atoms with Crippen molar-refractivity contribution in [1.29, 1.82) is 0 Å². The average molecular weight is 1830 g/mol. The molecule has 4 saturated heterocycles. The highest BCUT2D eigenvalue weighted by atomic mass is 16.5. The predicted octanol–water partition coefficient (Wildman–Crippen LogP) is 15.5. The first-order chi connectivity index (χ1) is 64.0. The largest absolute Gasteiger partial charge is 0.379 e. The molecule has 6 amide bonds. The summed E-state index contributed by atoms with van der Waals surface area (Å²) in [4.78, 5) is 106. The summed E-state index contributed by atoms with van der Waals surface area (Å²) in [5.74, 6) is -0.0577. The van der Waals surface area contributed by atoms with E-state index in [4.69, 9.17) is 18.9 Å². The van der Waals surface area contributed by atoms with E-state index in [9.17, 15) is 28.8 Å². The van der Waals surface area contributed by atoms with Gasteiger partial charge in [0.05, 0.1) is 80.5 Å². The van der Waals surface area contributed by atoms with Crippen LogP contribution in [0.4, 0.5) is 22.7 Å². The van der Waals surface area contributed by atoms with E-state index in [0.29, 0.717) is 67.8 Å². The third-order valence-electron chi connectivity index (χ3n) is 29.4. The minimum Gasteiger partial charge on any atom is -0.379 e. The smallest absolute Gasteiger partial charge is 0.249 e. The zero-order valence-electron chi connectivity index (χ0n) is 81.5. The van der Waals surface area contributed by atoms with E-state index in [1.807, 2.05) is 69.6 Å². The molecule has 134 heavy (non-hydrogen) atoms. The van der Waals surface area contributed by atoms with Crippen molar-refractivity contribution in [3.63, 3.8) is 0 Å². The zero-order chi connectivity index (χ0) is 94.7. The molecule has 30 nitrogen and oxygen atoms in total. The fourth-order valence-corrected chi connectivity index (χ4v) is 21.3. The summed E-state index contributed by atoms with van der Waals surface area (Å²) < 4.78 is 21.5. The van der Waals surface area contributed by atoms with Crippen molar-refractivity contribution in [1.82, 2.24) is 80.3 Å². The fraction of sp³-hybridized carbons (Fsp3) is 0.519. The average Bonchev–Trinajstić information content (AvgIpc) is 1.63. The number of hydrogen-bond donors (Lipinski definition) is 8. The number of fused-ring (bicyclic) bond motifs is 8. The summed E-state index contributed by atoms with van der Waals surface area (Å²) in [5.41, 5.74) is 26.9. The maximum absolute atomic E-state index is 13.5. The molecule has 5 atom stereocenters. The molecule has 4 aliphatic heterocycles. The second-order valence-corrected chi connectivity index (χ2v) is 42.0. The molecule has 4 aliphatic carbocycles. The van der Waals surface area contributed by atoms with E-state index in [2.05, 4.69) is 195 Å². The number of aromatic amines is 8. The number of anilines is 4. The van der Waals surface area contributed by atoms with Crippen LogP contribution in [0.2, 0.25) is 0 Å². The Morgan fingerprint density at radius 2 is 0.731 bits per heavy atom. The van der Waals surface area contributed by atoms with Crippen LogP contribution in [0.1, 0.15) is 174 Å². The highest BCUT2D eigenvalue weighted by Crippen LogP contribution is 2.45. The number of carbonyl (C=O) groups is 6. The lowest BCUT2D eigenvalue weighted by atomic mass is 9.76. The van der Waals surface area contributed by atoms with Crippen LogP contribution in [0, 0.1) is 27.6 Å². The first-order valence-corrected chi connectivity index (χ1v) is 48.2. The van der Waals surface area contributed by atoms with Crippen LogP contribution in [0.15, 0.2) is 97.1 Å². The van der Waals surface area contributed by atoms with Gasteiger partial charge in [-0.15, -0.1) is 0 Å². The normalized spacial score (nSPS) is 19.6. The maximum Gasteiger partial charge on any atom is 0.249 e. The molecule has 0 radical (unpaired) electrons. The molecule has 712 valence electrons. The summed E-state index contributed by atoms with van der Waals surface area (Å²) in [7, 11) is 7.27. The zero-order valence-corrected chi connectivity index (χ0v) is 81.5. The van der Waals surface area contributed by atoms with E-state index in [-0.39, 0.29) is 72.7 Å². The number of rotatable bonds is 18. The molecule has 20 rings (SSSR count). The van der Waals surface area contributed by atoms with Gasteiger partial charge in [0.1, 0.15) is 48.1 Å². The molecular formula is C104H136N20O10. The van der Waals surface area contributed by atoms with Gasteiger partial charge in [-0.05, 0) is 205 Å². The van der Waals surface area contributed by atoms with Gasteiger partial charge in [-0.3, -0.25) is 59.0 Å². The van der Waals surface area contributed by atoms with Gasteiger partial charge in [0.25, 0.3) is 0 Å². The predicted molar refractivity (Wildman–Crippen MR) is 526 cm³/mol. The Morgan fingerprint density at radius 3 is 1.07 bits per heavy atom. The van der Waals surface area contributed by atoms with Gasteiger partial charge in [0.2, 0.25) is 35.4 Å². The summed E-state index contributed by atoms with van der Waals surface area (Å²) >= 11 is 0. The Balaban J connectivity index is 0.000000124. The van der Waals surface area contributed by atoms with Crippen molar-refractivity contribution in [2.45, 2.75) is 211 Å². The summed E-state index contributed by atoms with van der Waals surface area (Å²) in [5, 5.41) is 36.1. The van der Waals surface area contributed by atoms with Gasteiger partial charge in [-0.25, -0.2) is 0 Å². The van der Waals surface area contributed by atoms with Gasteiger partial charge < -0.3 is 68.3 Å². The highest BCUT2D eigenvalue weighted by molar-refractivity contribution is 6.04. The number of nitrogens with zero attached hydrogens (tertiary/aromatic N) is 12. The highest BCUT2D eigenvalue weighted by Gasteiger charge is 2.40. The Kier molecular flexibility index (Phi) is 26.9. The van der Waals surface area contributed by atoms with Gasteiger partial charge in [-0.1, -0.05) is 100 Å². The van der Waals surface area contributed by atoms with Gasteiger partial charge >= 0.3 is 0 Å². The third-order valence-corrected chi connectivity index (χ3v) is 29.4. The van der Waals surface area contributed by atoms with E-state index in [1.165, 1.54) is 57.9 Å². The number of aromatic nitrogens is 12. The minimum atomic E-state index is -0.564. The number of H-pyrrole nitrogens is 8.